The van der Waals surface area contributed by atoms with Gasteiger partial charge in [-0.25, -0.2) is 4.98 Å². The fraction of sp³-hybridized carbons (Fsp3) is 0.267. The SMILES string of the molecule is Cc1cccc(C(CCl)Cc2cn3ccsc3n2)c1. The van der Waals surface area contributed by atoms with Gasteiger partial charge in [-0.15, -0.1) is 22.9 Å². The molecule has 3 aromatic rings. The highest BCUT2D eigenvalue weighted by Gasteiger charge is 2.14. The van der Waals surface area contributed by atoms with E-state index in [9.17, 15) is 0 Å². The van der Waals surface area contributed by atoms with Crippen LogP contribution in [-0.2, 0) is 6.42 Å². The van der Waals surface area contributed by atoms with Gasteiger partial charge in [-0.1, -0.05) is 29.8 Å². The predicted molar refractivity (Wildman–Crippen MR) is 81.4 cm³/mol. The van der Waals surface area contributed by atoms with Gasteiger partial charge in [0.05, 0.1) is 5.69 Å². The average Bonchev–Trinajstić information content (AvgIpc) is 2.96. The number of aryl methyl sites for hydroxylation is 1. The summed E-state index contributed by atoms with van der Waals surface area (Å²) in [5.74, 6) is 0.945. The Morgan fingerprint density at radius 1 is 1.42 bits per heavy atom. The highest BCUT2D eigenvalue weighted by molar-refractivity contribution is 7.15. The summed E-state index contributed by atoms with van der Waals surface area (Å²) >= 11 is 7.80. The Labute approximate surface area is 121 Å². The zero-order chi connectivity index (χ0) is 13.2. The van der Waals surface area contributed by atoms with Gasteiger partial charge >= 0.3 is 0 Å². The lowest BCUT2D eigenvalue weighted by Gasteiger charge is -2.13. The highest BCUT2D eigenvalue weighted by atomic mass is 35.5. The van der Waals surface area contributed by atoms with Crippen molar-refractivity contribution in [3.05, 3.63) is 58.9 Å². The third kappa shape index (κ3) is 2.67. The Morgan fingerprint density at radius 3 is 3.05 bits per heavy atom. The van der Waals surface area contributed by atoms with Crippen LogP contribution in [0.25, 0.3) is 4.96 Å². The van der Waals surface area contributed by atoms with Crippen molar-refractivity contribution in [3.8, 4) is 0 Å². The van der Waals surface area contributed by atoms with Gasteiger partial charge < -0.3 is 0 Å². The number of hydrogen-bond acceptors (Lipinski definition) is 2. The summed E-state index contributed by atoms with van der Waals surface area (Å²) in [6.45, 7) is 2.11. The van der Waals surface area contributed by atoms with Crippen LogP contribution in [-0.4, -0.2) is 15.3 Å². The van der Waals surface area contributed by atoms with Gasteiger partial charge in [0, 0.05) is 29.6 Å². The molecule has 98 valence electrons. The maximum Gasteiger partial charge on any atom is 0.193 e. The first-order valence-electron chi connectivity index (χ1n) is 6.30. The Balaban J connectivity index is 1.85. The van der Waals surface area contributed by atoms with Crippen molar-refractivity contribution in [1.29, 1.82) is 0 Å². The summed E-state index contributed by atoms with van der Waals surface area (Å²) in [5, 5.41) is 2.05. The zero-order valence-corrected chi connectivity index (χ0v) is 12.3. The monoisotopic (exact) mass is 290 g/mol. The number of fused-ring (bicyclic) bond motifs is 1. The Morgan fingerprint density at radius 2 is 2.32 bits per heavy atom. The van der Waals surface area contributed by atoms with Crippen LogP contribution in [0.2, 0.25) is 0 Å². The molecule has 0 saturated carbocycles. The quantitative estimate of drug-likeness (QED) is 0.656. The first kappa shape index (κ1) is 12.7. The van der Waals surface area contributed by atoms with Crippen molar-refractivity contribution in [1.82, 2.24) is 9.38 Å². The molecule has 19 heavy (non-hydrogen) atoms. The van der Waals surface area contributed by atoms with Crippen molar-refractivity contribution < 1.29 is 0 Å². The van der Waals surface area contributed by atoms with Crippen molar-refractivity contribution in [2.24, 2.45) is 0 Å². The van der Waals surface area contributed by atoms with E-state index in [0.29, 0.717) is 11.8 Å². The number of halogens is 1. The topological polar surface area (TPSA) is 17.3 Å². The molecule has 0 aliphatic carbocycles. The van der Waals surface area contributed by atoms with Crippen LogP contribution >= 0.6 is 22.9 Å². The summed E-state index contributed by atoms with van der Waals surface area (Å²) in [5.41, 5.74) is 3.68. The standard InChI is InChI=1S/C15H15ClN2S/c1-11-3-2-4-12(7-11)13(9-16)8-14-10-18-5-6-19-15(18)17-14/h2-7,10,13H,8-9H2,1H3. The van der Waals surface area contributed by atoms with E-state index in [1.807, 2.05) is 11.6 Å². The number of alkyl halides is 1. The van der Waals surface area contributed by atoms with Crippen LogP contribution in [0.5, 0.6) is 0 Å². The molecule has 1 aromatic carbocycles. The van der Waals surface area contributed by atoms with Crippen molar-refractivity contribution in [2.45, 2.75) is 19.3 Å². The molecule has 3 rings (SSSR count). The molecule has 1 unspecified atom stereocenters. The molecular formula is C15H15ClN2S. The molecule has 2 heterocycles. The molecular weight excluding hydrogens is 276 g/mol. The minimum Gasteiger partial charge on any atom is -0.297 e. The molecule has 0 N–H and O–H groups in total. The molecule has 1 atom stereocenters. The second-order valence-corrected chi connectivity index (χ2v) is 5.98. The van der Waals surface area contributed by atoms with Crippen LogP contribution in [0, 0.1) is 6.92 Å². The zero-order valence-electron chi connectivity index (χ0n) is 10.7. The Bertz CT molecular complexity index is 658. The lowest BCUT2D eigenvalue weighted by atomic mass is 9.95. The molecule has 0 amide bonds. The molecule has 4 heteroatoms. The smallest absolute Gasteiger partial charge is 0.193 e. The second kappa shape index (κ2) is 5.35. The van der Waals surface area contributed by atoms with Crippen molar-refractivity contribution >= 4 is 27.9 Å². The van der Waals surface area contributed by atoms with Gasteiger partial charge in [-0.2, -0.15) is 0 Å². The number of hydrogen-bond donors (Lipinski definition) is 0. The van der Waals surface area contributed by atoms with Gasteiger partial charge in [0.25, 0.3) is 0 Å². The fourth-order valence-corrected chi connectivity index (χ4v) is 3.32. The number of aromatic nitrogens is 2. The number of rotatable bonds is 4. The molecule has 0 saturated heterocycles. The van der Waals surface area contributed by atoms with Crippen LogP contribution < -0.4 is 0 Å². The third-order valence-corrected chi connectivity index (χ3v) is 4.44. The predicted octanol–water partition coefficient (Wildman–Crippen LogP) is 4.27. The summed E-state index contributed by atoms with van der Waals surface area (Å²) in [6, 6.07) is 8.57. The minimum absolute atomic E-state index is 0.325. The van der Waals surface area contributed by atoms with E-state index < -0.39 is 0 Å². The molecule has 0 spiro atoms. The van der Waals surface area contributed by atoms with Gasteiger partial charge in [-0.05, 0) is 18.9 Å². The molecule has 2 nitrogen and oxygen atoms in total. The van der Waals surface area contributed by atoms with Crippen LogP contribution in [0.3, 0.4) is 0 Å². The average molecular weight is 291 g/mol. The van der Waals surface area contributed by atoms with E-state index in [0.717, 1.165) is 17.1 Å². The molecule has 0 radical (unpaired) electrons. The molecule has 2 aromatic heterocycles. The number of benzene rings is 1. The Kier molecular flexibility index (Phi) is 3.58. The highest BCUT2D eigenvalue weighted by Crippen LogP contribution is 2.24. The van der Waals surface area contributed by atoms with E-state index in [-0.39, 0.29) is 0 Å². The first-order valence-corrected chi connectivity index (χ1v) is 7.71. The number of imidazole rings is 1. The first-order chi connectivity index (χ1) is 9.26. The van der Waals surface area contributed by atoms with Gasteiger partial charge in [0.1, 0.15) is 0 Å². The van der Waals surface area contributed by atoms with E-state index in [2.05, 4.69) is 46.8 Å². The van der Waals surface area contributed by atoms with Crippen LogP contribution in [0.1, 0.15) is 22.7 Å². The molecule has 0 aliphatic heterocycles. The van der Waals surface area contributed by atoms with E-state index in [4.69, 9.17) is 11.6 Å². The molecule has 0 bridgehead atoms. The van der Waals surface area contributed by atoms with Crippen LogP contribution in [0.4, 0.5) is 0 Å². The second-order valence-electron chi connectivity index (χ2n) is 4.79. The Hall–Kier alpha value is -1.32. The maximum absolute atomic E-state index is 6.14. The van der Waals surface area contributed by atoms with Crippen LogP contribution in [0.15, 0.2) is 42.0 Å². The van der Waals surface area contributed by atoms with Gasteiger partial charge in [0.2, 0.25) is 0 Å². The summed E-state index contributed by atoms with van der Waals surface area (Å²) in [6.07, 6.45) is 5.03. The van der Waals surface area contributed by atoms with Gasteiger partial charge in [0.15, 0.2) is 4.96 Å². The molecule has 0 fully saturated rings. The molecule has 0 aliphatic rings. The summed E-state index contributed by atoms with van der Waals surface area (Å²) in [4.78, 5) is 5.68. The maximum atomic E-state index is 6.14. The minimum atomic E-state index is 0.325. The lowest BCUT2D eigenvalue weighted by Crippen LogP contribution is -2.05. The van der Waals surface area contributed by atoms with E-state index in [1.54, 1.807) is 11.3 Å². The lowest BCUT2D eigenvalue weighted by molar-refractivity contribution is 0.751. The van der Waals surface area contributed by atoms with Crippen molar-refractivity contribution in [2.75, 3.05) is 5.88 Å². The number of nitrogens with zero attached hydrogens (tertiary/aromatic N) is 2. The van der Waals surface area contributed by atoms with Gasteiger partial charge in [-0.3, -0.25) is 4.40 Å². The summed E-state index contributed by atoms with van der Waals surface area (Å²) in [7, 11) is 0. The van der Waals surface area contributed by atoms with Crippen molar-refractivity contribution in [3.63, 3.8) is 0 Å². The fourth-order valence-electron chi connectivity index (χ4n) is 2.31. The normalized spacial score (nSPS) is 12.9. The summed E-state index contributed by atoms with van der Waals surface area (Å²) < 4.78 is 2.07. The van der Waals surface area contributed by atoms with E-state index >= 15 is 0 Å². The largest absolute Gasteiger partial charge is 0.297 e. The third-order valence-electron chi connectivity index (χ3n) is 3.30. The van der Waals surface area contributed by atoms with E-state index in [1.165, 1.54) is 11.1 Å². The number of thiazole rings is 1.